The van der Waals surface area contributed by atoms with Gasteiger partial charge in [0.1, 0.15) is 11.7 Å². The van der Waals surface area contributed by atoms with Gasteiger partial charge in [-0.15, -0.1) is 12.8 Å². The summed E-state index contributed by atoms with van der Waals surface area (Å²) in [5, 5.41) is 9.47. The molecular formula is C28H33N3O2. The predicted molar refractivity (Wildman–Crippen MR) is 137 cm³/mol. The lowest BCUT2D eigenvalue weighted by atomic mass is 9.98. The van der Waals surface area contributed by atoms with Gasteiger partial charge in [-0.05, 0) is 35.1 Å². The number of carbonyl (C=O) groups is 1. The molecule has 0 aromatic heterocycles. The Morgan fingerprint density at radius 3 is 2.42 bits per heavy atom. The van der Waals surface area contributed by atoms with Gasteiger partial charge in [0.2, 0.25) is 0 Å². The predicted octanol–water partition coefficient (Wildman–Crippen LogP) is 6.13. The number of hydrogen-bond donors (Lipinski definition) is 1. The van der Waals surface area contributed by atoms with Crippen molar-refractivity contribution >= 4 is 17.6 Å². The number of hydrogen-bond acceptors (Lipinski definition) is 3. The Balaban J connectivity index is 0.00000187. The molecule has 1 unspecified atom stereocenters. The minimum absolute atomic E-state index is 0.312. The van der Waals surface area contributed by atoms with Crippen LogP contribution in [-0.2, 0) is 6.54 Å². The second kappa shape index (κ2) is 12.4. The van der Waals surface area contributed by atoms with Gasteiger partial charge in [0.15, 0.2) is 0 Å². The van der Waals surface area contributed by atoms with Gasteiger partial charge >= 0.3 is 5.97 Å². The van der Waals surface area contributed by atoms with Gasteiger partial charge in [-0.3, -0.25) is 4.99 Å². The molecule has 0 saturated heterocycles. The van der Waals surface area contributed by atoms with Gasteiger partial charge < -0.3 is 10.0 Å². The van der Waals surface area contributed by atoms with Crippen LogP contribution >= 0.6 is 0 Å². The van der Waals surface area contributed by atoms with E-state index in [0.29, 0.717) is 30.5 Å². The van der Waals surface area contributed by atoms with Crippen LogP contribution in [-0.4, -0.2) is 34.2 Å². The summed E-state index contributed by atoms with van der Waals surface area (Å²) in [7, 11) is 0. The zero-order valence-electron chi connectivity index (χ0n) is 19.9. The number of amidine groups is 2. The molecule has 1 heterocycles. The number of nitrogens with zero attached hydrogens (tertiary/aromatic N) is 3. The maximum absolute atomic E-state index is 11.5. The molecule has 172 valence electrons. The summed E-state index contributed by atoms with van der Waals surface area (Å²) < 4.78 is 0. The van der Waals surface area contributed by atoms with Crippen LogP contribution in [0, 0.1) is 24.7 Å². The number of aliphatic imine (C=N–C) groups is 2. The summed E-state index contributed by atoms with van der Waals surface area (Å²) in [6.45, 7) is 9.94. The smallest absolute Gasteiger partial charge is 0.336 e. The second-order valence-corrected chi connectivity index (χ2v) is 8.25. The van der Waals surface area contributed by atoms with Crippen LogP contribution in [0.3, 0.4) is 0 Å². The lowest BCUT2D eigenvalue weighted by molar-refractivity contribution is 0.0697. The summed E-state index contributed by atoms with van der Waals surface area (Å²) >= 11 is 0. The molecule has 0 aliphatic carbocycles. The Morgan fingerprint density at radius 1 is 1.15 bits per heavy atom. The quantitative estimate of drug-likeness (QED) is 0.499. The first-order chi connectivity index (χ1) is 15.9. The fourth-order valence-corrected chi connectivity index (χ4v) is 3.54. The standard InChI is InChI=1S/C26H31N3O2.C2H2/c1-5-19(4)25-28-16-24(27-15-14-18(2)3)29(25)17-20-10-12-21(13-11-20)22-8-6-7-9-23(22)26(30)31;1-2/h6-15,18-19H,5,16-17H2,1-4H3,(H,30,31);1-2H/b15-14-,27-24?;. The van der Waals surface area contributed by atoms with E-state index in [-0.39, 0.29) is 0 Å². The first kappa shape index (κ1) is 25.6. The third-order valence-electron chi connectivity index (χ3n) is 5.48. The van der Waals surface area contributed by atoms with Gasteiger partial charge in [0, 0.05) is 12.1 Å². The fraction of sp³-hybridized carbons (Fsp3) is 0.321. The minimum Gasteiger partial charge on any atom is -0.478 e. The van der Waals surface area contributed by atoms with Crippen molar-refractivity contribution in [2.75, 3.05) is 6.54 Å². The molecule has 2 aromatic rings. The molecule has 1 aliphatic rings. The molecule has 1 N–H and O–H groups in total. The van der Waals surface area contributed by atoms with Gasteiger partial charge in [-0.25, -0.2) is 9.79 Å². The maximum atomic E-state index is 11.5. The lowest BCUT2D eigenvalue weighted by Gasteiger charge is -2.24. The summed E-state index contributed by atoms with van der Waals surface area (Å²) in [6, 6.07) is 15.2. The largest absolute Gasteiger partial charge is 0.478 e. The highest BCUT2D eigenvalue weighted by Gasteiger charge is 2.26. The molecule has 1 atom stereocenters. The van der Waals surface area contributed by atoms with E-state index < -0.39 is 5.97 Å². The third kappa shape index (κ3) is 6.66. The Hall–Kier alpha value is -3.65. The summed E-state index contributed by atoms with van der Waals surface area (Å²) in [6.07, 6.45) is 13.0. The van der Waals surface area contributed by atoms with Crippen molar-refractivity contribution in [2.45, 2.75) is 40.7 Å². The van der Waals surface area contributed by atoms with Crippen molar-refractivity contribution in [1.82, 2.24) is 4.90 Å². The second-order valence-electron chi connectivity index (χ2n) is 8.25. The Kier molecular flexibility index (Phi) is 9.62. The number of rotatable bonds is 8. The van der Waals surface area contributed by atoms with Crippen LogP contribution in [0.5, 0.6) is 0 Å². The van der Waals surface area contributed by atoms with Crippen molar-refractivity contribution in [2.24, 2.45) is 21.8 Å². The molecule has 5 nitrogen and oxygen atoms in total. The normalized spacial score (nSPS) is 15.4. The van der Waals surface area contributed by atoms with Crippen molar-refractivity contribution < 1.29 is 9.90 Å². The number of aromatic carboxylic acids is 1. The first-order valence-electron chi connectivity index (χ1n) is 11.2. The van der Waals surface area contributed by atoms with E-state index in [9.17, 15) is 9.90 Å². The van der Waals surface area contributed by atoms with Crippen LogP contribution < -0.4 is 0 Å². The van der Waals surface area contributed by atoms with Gasteiger partial charge in [-0.2, -0.15) is 0 Å². The number of carboxylic acids is 1. The highest BCUT2D eigenvalue weighted by molar-refractivity contribution is 6.07. The molecule has 0 radical (unpaired) electrons. The fourth-order valence-electron chi connectivity index (χ4n) is 3.54. The highest BCUT2D eigenvalue weighted by Crippen LogP contribution is 2.25. The van der Waals surface area contributed by atoms with Crippen LogP contribution in [0.15, 0.2) is 70.8 Å². The van der Waals surface area contributed by atoms with Crippen molar-refractivity contribution in [3.8, 4) is 24.0 Å². The summed E-state index contributed by atoms with van der Waals surface area (Å²) in [5.41, 5.74) is 3.07. The number of allylic oxidation sites excluding steroid dienone is 1. The summed E-state index contributed by atoms with van der Waals surface area (Å²) in [5.74, 6) is 1.95. The van der Waals surface area contributed by atoms with Gasteiger partial charge in [-0.1, -0.05) is 76.2 Å². The van der Waals surface area contributed by atoms with E-state index in [1.54, 1.807) is 12.1 Å². The van der Waals surface area contributed by atoms with Crippen LogP contribution in [0.1, 0.15) is 50.0 Å². The molecule has 3 rings (SSSR count). The van der Waals surface area contributed by atoms with Gasteiger partial charge in [0.05, 0.1) is 18.7 Å². The van der Waals surface area contributed by atoms with E-state index in [4.69, 9.17) is 4.99 Å². The Labute approximate surface area is 197 Å². The van der Waals surface area contributed by atoms with E-state index in [0.717, 1.165) is 34.8 Å². The van der Waals surface area contributed by atoms with E-state index in [1.807, 2.05) is 30.5 Å². The van der Waals surface area contributed by atoms with Crippen molar-refractivity contribution in [3.63, 3.8) is 0 Å². The zero-order valence-corrected chi connectivity index (χ0v) is 19.9. The molecule has 2 aromatic carbocycles. The molecule has 1 aliphatic heterocycles. The third-order valence-corrected chi connectivity index (χ3v) is 5.48. The maximum Gasteiger partial charge on any atom is 0.336 e. The Morgan fingerprint density at radius 2 is 1.82 bits per heavy atom. The highest BCUT2D eigenvalue weighted by atomic mass is 16.4. The van der Waals surface area contributed by atoms with E-state index >= 15 is 0 Å². The molecule has 0 bridgehead atoms. The molecule has 5 heteroatoms. The van der Waals surface area contributed by atoms with E-state index in [2.05, 4.69) is 68.6 Å². The van der Waals surface area contributed by atoms with Crippen molar-refractivity contribution in [1.29, 1.82) is 0 Å². The lowest BCUT2D eigenvalue weighted by Crippen LogP contribution is -2.35. The van der Waals surface area contributed by atoms with Gasteiger partial charge in [0.25, 0.3) is 0 Å². The topological polar surface area (TPSA) is 65.3 Å². The minimum atomic E-state index is -0.915. The number of carboxylic acid groups (broad SMARTS) is 1. The average Bonchev–Trinajstić information content (AvgIpc) is 3.22. The average molecular weight is 444 g/mol. The van der Waals surface area contributed by atoms with Crippen LogP contribution in [0.4, 0.5) is 0 Å². The monoisotopic (exact) mass is 443 g/mol. The molecule has 0 saturated carbocycles. The Bertz CT molecular complexity index is 1050. The zero-order chi connectivity index (χ0) is 24.4. The molecule has 33 heavy (non-hydrogen) atoms. The molecule has 0 spiro atoms. The van der Waals surface area contributed by atoms with Crippen LogP contribution in [0.2, 0.25) is 0 Å². The number of benzene rings is 2. The van der Waals surface area contributed by atoms with E-state index in [1.165, 1.54) is 0 Å². The molecular weight excluding hydrogens is 410 g/mol. The van der Waals surface area contributed by atoms with Crippen molar-refractivity contribution in [3.05, 3.63) is 71.9 Å². The molecule has 0 fully saturated rings. The number of terminal acetylenes is 1. The summed E-state index contributed by atoms with van der Waals surface area (Å²) in [4.78, 5) is 23.2. The SMILES string of the molecule is C#C.CCC(C)C1=NCC(=N/C=C\C(C)C)N1Cc1ccc(-c2ccccc2C(=O)O)cc1. The van der Waals surface area contributed by atoms with Crippen LogP contribution in [0.25, 0.3) is 11.1 Å². The molecule has 0 amide bonds. The first-order valence-corrected chi connectivity index (χ1v) is 11.2.